The number of nitrogens with zero attached hydrogens (tertiary/aromatic N) is 2. The lowest BCUT2D eigenvalue weighted by molar-refractivity contribution is 0.929. The molecular weight excluding hydrogens is 246 g/mol. The molecule has 0 bridgehead atoms. The maximum absolute atomic E-state index is 5.84. The van der Waals surface area contributed by atoms with E-state index in [1.807, 2.05) is 42.6 Å². The van der Waals surface area contributed by atoms with Crippen molar-refractivity contribution in [3.63, 3.8) is 0 Å². The number of nitrogen functional groups attached to an aromatic ring is 1. The molecular formula is C17H17N3. The van der Waals surface area contributed by atoms with E-state index in [0.717, 1.165) is 23.4 Å². The Morgan fingerprint density at radius 3 is 2.75 bits per heavy atom. The van der Waals surface area contributed by atoms with Crippen LogP contribution >= 0.6 is 0 Å². The van der Waals surface area contributed by atoms with Crippen molar-refractivity contribution in [2.45, 2.75) is 6.54 Å². The summed E-state index contributed by atoms with van der Waals surface area (Å²) in [4.78, 5) is 6.59. The topological polar surface area (TPSA) is 42.2 Å². The Kier molecular flexibility index (Phi) is 3.25. The number of hydrogen-bond acceptors (Lipinski definition) is 3. The smallest absolute Gasteiger partial charge is 0.0705 e. The van der Waals surface area contributed by atoms with E-state index in [1.54, 1.807) is 0 Å². The summed E-state index contributed by atoms with van der Waals surface area (Å²) in [7, 11) is 2.07. The third-order valence-electron chi connectivity index (χ3n) is 3.46. The van der Waals surface area contributed by atoms with E-state index in [-0.39, 0.29) is 0 Å². The fourth-order valence-electron chi connectivity index (χ4n) is 2.40. The highest BCUT2D eigenvalue weighted by atomic mass is 15.1. The van der Waals surface area contributed by atoms with Crippen LogP contribution in [0.3, 0.4) is 0 Å². The first-order valence-corrected chi connectivity index (χ1v) is 6.63. The van der Waals surface area contributed by atoms with E-state index in [4.69, 9.17) is 5.73 Å². The number of benzene rings is 2. The van der Waals surface area contributed by atoms with Crippen molar-refractivity contribution in [1.82, 2.24) is 4.98 Å². The molecule has 0 saturated carbocycles. The molecule has 0 aliphatic carbocycles. The minimum Gasteiger partial charge on any atom is -0.399 e. The van der Waals surface area contributed by atoms with Crippen LogP contribution in [0.15, 0.2) is 60.8 Å². The lowest BCUT2D eigenvalue weighted by atomic mass is 10.1. The van der Waals surface area contributed by atoms with Crippen LogP contribution < -0.4 is 10.6 Å². The molecule has 1 heterocycles. The van der Waals surface area contributed by atoms with E-state index in [1.165, 1.54) is 10.9 Å². The summed E-state index contributed by atoms with van der Waals surface area (Å²) in [5.41, 5.74) is 10.0. The molecule has 0 atom stereocenters. The molecule has 0 aliphatic rings. The monoisotopic (exact) mass is 263 g/mol. The SMILES string of the molecule is CN(Cc1ccnc2ccccc12)c1cccc(N)c1. The molecule has 2 aromatic carbocycles. The molecule has 3 rings (SSSR count). The summed E-state index contributed by atoms with van der Waals surface area (Å²) in [6.07, 6.45) is 1.87. The van der Waals surface area contributed by atoms with Gasteiger partial charge in [0.25, 0.3) is 0 Å². The minimum absolute atomic E-state index is 0.786. The summed E-state index contributed by atoms with van der Waals surface area (Å²) in [6, 6.07) is 18.2. The van der Waals surface area contributed by atoms with Crippen molar-refractivity contribution in [3.8, 4) is 0 Å². The number of pyridine rings is 1. The van der Waals surface area contributed by atoms with E-state index >= 15 is 0 Å². The predicted octanol–water partition coefficient (Wildman–Crippen LogP) is 3.45. The third kappa shape index (κ3) is 2.43. The van der Waals surface area contributed by atoms with E-state index in [2.05, 4.69) is 35.1 Å². The van der Waals surface area contributed by atoms with Crippen molar-refractivity contribution >= 4 is 22.3 Å². The molecule has 0 amide bonds. The maximum atomic E-state index is 5.84. The third-order valence-corrected chi connectivity index (χ3v) is 3.46. The first-order chi connectivity index (χ1) is 9.74. The molecule has 0 spiro atoms. The molecule has 20 heavy (non-hydrogen) atoms. The summed E-state index contributed by atoms with van der Waals surface area (Å²) in [5, 5.41) is 1.20. The number of para-hydroxylation sites is 1. The summed E-state index contributed by atoms with van der Waals surface area (Å²) >= 11 is 0. The summed E-state index contributed by atoms with van der Waals surface area (Å²) < 4.78 is 0. The lowest BCUT2D eigenvalue weighted by Crippen LogP contribution is -2.16. The van der Waals surface area contributed by atoms with Crippen LogP contribution in [0.4, 0.5) is 11.4 Å². The van der Waals surface area contributed by atoms with Crippen molar-refractivity contribution in [2.75, 3.05) is 17.7 Å². The van der Waals surface area contributed by atoms with Crippen molar-refractivity contribution in [1.29, 1.82) is 0 Å². The average molecular weight is 263 g/mol. The maximum Gasteiger partial charge on any atom is 0.0705 e. The Morgan fingerprint density at radius 2 is 1.90 bits per heavy atom. The quantitative estimate of drug-likeness (QED) is 0.736. The first kappa shape index (κ1) is 12.5. The number of rotatable bonds is 3. The largest absolute Gasteiger partial charge is 0.399 e. The highest BCUT2D eigenvalue weighted by molar-refractivity contribution is 5.82. The van der Waals surface area contributed by atoms with Crippen LogP contribution in [0.1, 0.15) is 5.56 Å². The standard InChI is InChI=1S/C17H17N3/c1-20(15-6-4-5-14(18)11-15)12-13-9-10-19-17-8-3-2-7-16(13)17/h2-11H,12,18H2,1H3. The molecule has 100 valence electrons. The summed E-state index contributed by atoms with van der Waals surface area (Å²) in [5.74, 6) is 0. The molecule has 0 saturated heterocycles. The van der Waals surface area contributed by atoms with Gasteiger partial charge in [0.1, 0.15) is 0 Å². The van der Waals surface area contributed by atoms with Gasteiger partial charge < -0.3 is 10.6 Å². The average Bonchev–Trinajstić information content (AvgIpc) is 2.47. The van der Waals surface area contributed by atoms with Gasteiger partial charge in [0.2, 0.25) is 0 Å². The Balaban J connectivity index is 1.93. The normalized spacial score (nSPS) is 10.7. The highest BCUT2D eigenvalue weighted by Gasteiger charge is 2.06. The van der Waals surface area contributed by atoms with E-state index in [9.17, 15) is 0 Å². The van der Waals surface area contributed by atoms with Crippen LogP contribution in [0, 0.1) is 0 Å². The van der Waals surface area contributed by atoms with Gasteiger partial charge in [0.15, 0.2) is 0 Å². The molecule has 3 heteroatoms. The summed E-state index contributed by atoms with van der Waals surface area (Å²) in [6.45, 7) is 0.826. The van der Waals surface area contributed by atoms with Crippen LogP contribution in [-0.4, -0.2) is 12.0 Å². The van der Waals surface area contributed by atoms with E-state index in [0.29, 0.717) is 0 Å². The Morgan fingerprint density at radius 1 is 1.05 bits per heavy atom. The van der Waals surface area contributed by atoms with Crippen LogP contribution in [0.5, 0.6) is 0 Å². The lowest BCUT2D eigenvalue weighted by Gasteiger charge is -2.20. The number of nitrogens with two attached hydrogens (primary N) is 1. The van der Waals surface area contributed by atoms with Gasteiger partial charge in [-0.05, 0) is 35.9 Å². The van der Waals surface area contributed by atoms with E-state index < -0.39 is 0 Å². The second kappa shape index (κ2) is 5.21. The number of fused-ring (bicyclic) bond motifs is 1. The van der Waals surface area contributed by atoms with Crippen molar-refractivity contribution < 1.29 is 0 Å². The van der Waals surface area contributed by atoms with Gasteiger partial charge in [-0.15, -0.1) is 0 Å². The van der Waals surface area contributed by atoms with Gasteiger partial charge in [0, 0.05) is 36.6 Å². The molecule has 0 unspecified atom stereocenters. The fraction of sp³-hybridized carbons (Fsp3) is 0.118. The Hall–Kier alpha value is -2.55. The first-order valence-electron chi connectivity index (χ1n) is 6.63. The number of hydrogen-bond donors (Lipinski definition) is 1. The highest BCUT2D eigenvalue weighted by Crippen LogP contribution is 2.22. The van der Waals surface area contributed by atoms with Gasteiger partial charge >= 0.3 is 0 Å². The molecule has 2 N–H and O–H groups in total. The van der Waals surface area contributed by atoms with Crippen LogP contribution in [0.25, 0.3) is 10.9 Å². The van der Waals surface area contributed by atoms with Crippen molar-refractivity contribution in [3.05, 3.63) is 66.4 Å². The fourth-order valence-corrected chi connectivity index (χ4v) is 2.40. The zero-order chi connectivity index (χ0) is 13.9. The molecule has 1 aromatic heterocycles. The second-order valence-electron chi connectivity index (χ2n) is 4.94. The molecule has 0 aliphatic heterocycles. The molecule has 3 nitrogen and oxygen atoms in total. The predicted molar refractivity (Wildman–Crippen MR) is 84.7 cm³/mol. The van der Waals surface area contributed by atoms with Gasteiger partial charge in [-0.1, -0.05) is 24.3 Å². The molecule has 0 fully saturated rings. The Bertz CT molecular complexity index is 732. The van der Waals surface area contributed by atoms with Crippen molar-refractivity contribution in [2.24, 2.45) is 0 Å². The van der Waals surface area contributed by atoms with Gasteiger partial charge in [-0.2, -0.15) is 0 Å². The van der Waals surface area contributed by atoms with Crippen LogP contribution in [-0.2, 0) is 6.54 Å². The Labute approximate surface area is 118 Å². The van der Waals surface area contributed by atoms with Gasteiger partial charge in [-0.25, -0.2) is 0 Å². The van der Waals surface area contributed by atoms with Crippen LogP contribution in [0.2, 0.25) is 0 Å². The number of aromatic nitrogens is 1. The van der Waals surface area contributed by atoms with Gasteiger partial charge in [0.05, 0.1) is 5.52 Å². The molecule has 3 aromatic rings. The van der Waals surface area contributed by atoms with Gasteiger partial charge in [-0.3, -0.25) is 4.98 Å². The molecule has 0 radical (unpaired) electrons. The second-order valence-corrected chi connectivity index (χ2v) is 4.94. The zero-order valence-corrected chi connectivity index (χ0v) is 11.5. The number of anilines is 2. The minimum atomic E-state index is 0.786. The zero-order valence-electron chi connectivity index (χ0n) is 11.5.